The molecule has 0 heterocycles. The Morgan fingerprint density at radius 1 is 0.471 bits per heavy atom. The second-order valence-corrected chi connectivity index (χ2v) is 9.07. The maximum atomic E-state index is 6.59. The molecule has 4 heteroatoms. The van der Waals surface area contributed by atoms with Crippen molar-refractivity contribution in [2.45, 2.75) is 41.5 Å². The van der Waals surface area contributed by atoms with Gasteiger partial charge in [-0.3, -0.25) is 5.01 Å². The Morgan fingerprint density at radius 2 is 0.882 bits per heavy atom. The third-order valence-electron chi connectivity index (χ3n) is 6.06. The van der Waals surface area contributed by atoms with E-state index in [9.17, 15) is 0 Å². The second-order valence-electron chi connectivity index (χ2n) is 9.07. The Bertz CT molecular complexity index is 1240. The zero-order valence-electron chi connectivity index (χ0n) is 20.8. The molecule has 0 aromatic heterocycles. The molecule has 4 aromatic rings. The molecule has 4 aromatic carbocycles. The highest BCUT2D eigenvalue weighted by Crippen LogP contribution is 2.34. The predicted octanol–water partition coefficient (Wildman–Crippen LogP) is 8.13. The van der Waals surface area contributed by atoms with Gasteiger partial charge in [0, 0.05) is 12.1 Å². The number of ether oxygens (including phenoxy) is 2. The van der Waals surface area contributed by atoms with Crippen molar-refractivity contribution in [2.24, 2.45) is 5.84 Å². The van der Waals surface area contributed by atoms with E-state index < -0.39 is 0 Å². The van der Waals surface area contributed by atoms with Crippen LogP contribution in [0.2, 0.25) is 0 Å². The van der Waals surface area contributed by atoms with E-state index in [0.29, 0.717) is 0 Å². The van der Waals surface area contributed by atoms with E-state index in [1.165, 1.54) is 22.3 Å². The van der Waals surface area contributed by atoms with Crippen molar-refractivity contribution >= 4 is 11.4 Å². The summed E-state index contributed by atoms with van der Waals surface area (Å²) in [7, 11) is 0. The fourth-order valence-corrected chi connectivity index (χ4v) is 3.83. The minimum atomic E-state index is 0.743. The lowest BCUT2D eigenvalue weighted by molar-refractivity contribution is 0.481. The van der Waals surface area contributed by atoms with E-state index in [-0.39, 0.29) is 0 Å². The number of anilines is 2. The summed E-state index contributed by atoms with van der Waals surface area (Å²) < 4.78 is 12.3. The van der Waals surface area contributed by atoms with Crippen LogP contribution in [0.3, 0.4) is 0 Å². The monoisotopic (exact) mass is 452 g/mol. The molecule has 174 valence electrons. The van der Waals surface area contributed by atoms with Gasteiger partial charge in [0.2, 0.25) is 0 Å². The minimum absolute atomic E-state index is 0.743. The Morgan fingerprint density at radius 3 is 1.26 bits per heavy atom. The van der Waals surface area contributed by atoms with E-state index >= 15 is 0 Å². The zero-order valence-corrected chi connectivity index (χ0v) is 20.8. The SMILES string of the molecule is Cc1cc(Oc2ccc(C)c(C)c2)cc(N(N)c2cc(C)cc(Oc3ccc(C)c(C)c3)c2)c1. The number of nitrogens with zero attached hydrogens (tertiary/aromatic N) is 1. The molecule has 0 aliphatic heterocycles. The highest BCUT2D eigenvalue weighted by atomic mass is 16.5. The van der Waals surface area contributed by atoms with Crippen molar-refractivity contribution in [2.75, 3.05) is 5.01 Å². The average Bonchev–Trinajstić information content (AvgIpc) is 2.77. The first kappa shape index (κ1) is 23.4. The highest BCUT2D eigenvalue weighted by Gasteiger charge is 2.12. The molecule has 0 amide bonds. The fraction of sp³-hybridized carbons (Fsp3) is 0.200. The molecule has 0 radical (unpaired) electrons. The van der Waals surface area contributed by atoms with Gasteiger partial charge in [0.25, 0.3) is 0 Å². The fourth-order valence-electron chi connectivity index (χ4n) is 3.83. The molecule has 0 aliphatic rings. The number of hydrazine groups is 1. The van der Waals surface area contributed by atoms with Gasteiger partial charge in [0.1, 0.15) is 23.0 Å². The summed E-state index contributed by atoms with van der Waals surface area (Å²) in [5.41, 5.74) is 8.66. The van der Waals surface area contributed by atoms with Crippen molar-refractivity contribution in [3.05, 3.63) is 106 Å². The van der Waals surface area contributed by atoms with Gasteiger partial charge in [-0.2, -0.15) is 0 Å². The first-order valence-electron chi connectivity index (χ1n) is 11.5. The van der Waals surface area contributed by atoms with Crippen LogP contribution in [0.25, 0.3) is 0 Å². The van der Waals surface area contributed by atoms with Crippen molar-refractivity contribution in [3.8, 4) is 23.0 Å². The van der Waals surface area contributed by atoms with Gasteiger partial charge in [-0.1, -0.05) is 12.1 Å². The van der Waals surface area contributed by atoms with Crippen molar-refractivity contribution in [1.82, 2.24) is 0 Å². The van der Waals surface area contributed by atoms with Gasteiger partial charge in [0.05, 0.1) is 11.4 Å². The number of hydrogen-bond acceptors (Lipinski definition) is 4. The van der Waals surface area contributed by atoms with Crippen LogP contribution in [0.4, 0.5) is 11.4 Å². The molecule has 2 N–H and O–H groups in total. The summed E-state index contributed by atoms with van der Waals surface area (Å²) >= 11 is 0. The van der Waals surface area contributed by atoms with Crippen molar-refractivity contribution in [1.29, 1.82) is 0 Å². The van der Waals surface area contributed by atoms with Gasteiger partial charge >= 0.3 is 0 Å². The molecule has 4 nitrogen and oxygen atoms in total. The summed E-state index contributed by atoms with van der Waals surface area (Å²) in [4.78, 5) is 0. The molecule has 0 atom stereocenters. The van der Waals surface area contributed by atoms with Crippen LogP contribution in [0.1, 0.15) is 33.4 Å². The minimum Gasteiger partial charge on any atom is -0.457 e. The molecule has 0 fully saturated rings. The number of rotatable bonds is 6. The molecule has 0 unspecified atom stereocenters. The van der Waals surface area contributed by atoms with E-state index in [1.54, 1.807) is 5.01 Å². The Kier molecular flexibility index (Phi) is 6.62. The number of hydrogen-bond donors (Lipinski definition) is 1. The van der Waals surface area contributed by atoms with Crippen LogP contribution in [-0.4, -0.2) is 0 Å². The maximum absolute atomic E-state index is 6.59. The largest absolute Gasteiger partial charge is 0.457 e. The molecule has 0 saturated heterocycles. The molecule has 0 bridgehead atoms. The van der Waals surface area contributed by atoms with Gasteiger partial charge in [0.15, 0.2) is 0 Å². The summed E-state index contributed by atoms with van der Waals surface area (Å²) in [6.07, 6.45) is 0. The Hall–Kier alpha value is -3.76. The summed E-state index contributed by atoms with van der Waals surface area (Å²) in [6.45, 7) is 12.4. The van der Waals surface area contributed by atoms with E-state index in [4.69, 9.17) is 15.3 Å². The number of benzene rings is 4. The van der Waals surface area contributed by atoms with Gasteiger partial charge in [-0.25, -0.2) is 5.84 Å². The quantitative estimate of drug-likeness (QED) is 0.237. The van der Waals surface area contributed by atoms with Crippen LogP contribution in [0, 0.1) is 41.5 Å². The van der Waals surface area contributed by atoms with Crippen molar-refractivity contribution < 1.29 is 9.47 Å². The number of nitrogens with two attached hydrogens (primary N) is 1. The first-order chi connectivity index (χ1) is 16.2. The van der Waals surface area contributed by atoms with E-state index in [2.05, 4.69) is 52.0 Å². The standard InChI is InChI=1S/C30H32N2O2/c1-19-11-25(17-29(13-19)33-27-9-7-21(3)23(5)15-27)32(31)26-12-20(2)14-30(18-26)34-28-10-8-22(4)24(6)16-28/h7-18H,31H2,1-6H3. The van der Waals surface area contributed by atoms with Crippen LogP contribution in [0.15, 0.2) is 72.8 Å². The lowest BCUT2D eigenvalue weighted by Gasteiger charge is -2.22. The van der Waals surface area contributed by atoms with Crippen LogP contribution in [0.5, 0.6) is 23.0 Å². The molecule has 34 heavy (non-hydrogen) atoms. The van der Waals surface area contributed by atoms with Gasteiger partial charge in [-0.15, -0.1) is 0 Å². The summed E-state index contributed by atoms with van der Waals surface area (Å²) in [5.74, 6) is 9.69. The Balaban J connectivity index is 1.61. The lowest BCUT2D eigenvalue weighted by Crippen LogP contribution is -2.25. The van der Waals surface area contributed by atoms with Crippen molar-refractivity contribution in [3.63, 3.8) is 0 Å². The first-order valence-corrected chi connectivity index (χ1v) is 11.5. The normalized spacial score (nSPS) is 10.8. The highest BCUT2D eigenvalue weighted by molar-refractivity contribution is 5.66. The molecule has 0 spiro atoms. The second kappa shape index (κ2) is 9.62. The van der Waals surface area contributed by atoms with Crippen LogP contribution in [-0.2, 0) is 0 Å². The topological polar surface area (TPSA) is 47.7 Å². The van der Waals surface area contributed by atoms with Crippen LogP contribution < -0.4 is 20.3 Å². The third kappa shape index (κ3) is 5.41. The molecule has 0 saturated carbocycles. The third-order valence-corrected chi connectivity index (χ3v) is 6.06. The maximum Gasteiger partial charge on any atom is 0.129 e. The van der Waals surface area contributed by atoms with Gasteiger partial charge < -0.3 is 9.47 Å². The summed E-state index contributed by atoms with van der Waals surface area (Å²) in [6, 6.07) is 24.2. The number of aryl methyl sites for hydroxylation is 6. The molecule has 4 rings (SSSR count). The van der Waals surface area contributed by atoms with E-state index in [0.717, 1.165) is 45.5 Å². The summed E-state index contributed by atoms with van der Waals surface area (Å²) in [5, 5.41) is 1.67. The van der Waals surface area contributed by atoms with Gasteiger partial charge in [-0.05, 0) is 123 Å². The smallest absolute Gasteiger partial charge is 0.129 e. The zero-order chi connectivity index (χ0) is 24.4. The average molecular weight is 453 g/mol. The molecular weight excluding hydrogens is 420 g/mol. The van der Waals surface area contributed by atoms with Crippen LogP contribution >= 0.6 is 0 Å². The predicted molar refractivity (Wildman–Crippen MR) is 141 cm³/mol. The molecule has 0 aliphatic carbocycles. The van der Waals surface area contributed by atoms with E-state index in [1.807, 2.05) is 62.4 Å². The Labute approximate surface area is 202 Å². The molecular formula is C30H32N2O2. The lowest BCUT2D eigenvalue weighted by atomic mass is 10.1.